The molecular weight excluding hydrogens is 192 g/mol. The average molecular weight is 210 g/mol. The Balaban J connectivity index is 2.30. The van der Waals surface area contributed by atoms with Gasteiger partial charge in [-0.05, 0) is 18.8 Å². The van der Waals surface area contributed by atoms with Gasteiger partial charge in [-0.25, -0.2) is 0 Å². The predicted octanol–water partition coefficient (Wildman–Crippen LogP) is 1.18. The number of hydrogen-bond donors (Lipinski definition) is 0. The molecule has 84 valence electrons. The summed E-state index contributed by atoms with van der Waals surface area (Å²) < 4.78 is 4.95. The van der Waals surface area contributed by atoms with Crippen molar-refractivity contribution in [3.05, 3.63) is 0 Å². The van der Waals surface area contributed by atoms with Crippen LogP contribution in [0.1, 0.15) is 25.7 Å². The zero-order chi connectivity index (χ0) is 11.1. The molecule has 1 aliphatic rings. The lowest BCUT2D eigenvalue weighted by atomic mass is 10.2. The van der Waals surface area contributed by atoms with Gasteiger partial charge in [0.15, 0.2) is 0 Å². The molecule has 4 heteroatoms. The maximum atomic E-state index is 11.8. The lowest BCUT2D eigenvalue weighted by molar-refractivity contribution is -0.132. The average Bonchev–Trinajstić information content (AvgIpc) is 3.02. The molecule has 0 bridgehead atoms. The van der Waals surface area contributed by atoms with E-state index in [4.69, 9.17) is 10.00 Å². The number of nitrogens with zero attached hydrogens (tertiary/aromatic N) is 2. The number of hydrogen-bond acceptors (Lipinski definition) is 3. The second-order valence-electron chi connectivity index (χ2n) is 3.93. The normalized spacial score (nSPS) is 14.7. The van der Waals surface area contributed by atoms with E-state index < -0.39 is 0 Å². The first-order valence-electron chi connectivity index (χ1n) is 5.41. The van der Waals surface area contributed by atoms with Gasteiger partial charge in [-0.15, -0.1) is 0 Å². The van der Waals surface area contributed by atoms with Gasteiger partial charge in [-0.2, -0.15) is 5.26 Å². The number of carbonyl (C=O) groups excluding carboxylic acids is 1. The molecule has 15 heavy (non-hydrogen) atoms. The van der Waals surface area contributed by atoms with Crippen molar-refractivity contribution >= 4 is 5.91 Å². The van der Waals surface area contributed by atoms with Crippen LogP contribution in [0, 0.1) is 17.2 Å². The van der Waals surface area contributed by atoms with Crippen LogP contribution < -0.4 is 0 Å². The van der Waals surface area contributed by atoms with E-state index >= 15 is 0 Å². The van der Waals surface area contributed by atoms with E-state index in [1.54, 1.807) is 12.0 Å². The van der Waals surface area contributed by atoms with Gasteiger partial charge in [0.25, 0.3) is 0 Å². The SMILES string of the molecule is COCCN(CCC#N)C(=O)CC1CC1. The number of rotatable bonds is 7. The second-order valence-corrected chi connectivity index (χ2v) is 3.93. The number of ether oxygens (including phenoxy) is 1. The van der Waals surface area contributed by atoms with Crippen LogP contribution in [0.25, 0.3) is 0 Å². The van der Waals surface area contributed by atoms with Crippen LogP contribution in [0.4, 0.5) is 0 Å². The second kappa shape index (κ2) is 6.41. The zero-order valence-corrected chi connectivity index (χ0v) is 9.24. The minimum atomic E-state index is 0.171. The number of methoxy groups -OCH3 is 1. The Morgan fingerprint density at radius 3 is 2.80 bits per heavy atom. The summed E-state index contributed by atoms with van der Waals surface area (Å²) in [5.74, 6) is 0.773. The highest BCUT2D eigenvalue weighted by Crippen LogP contribution is 2.32. The summed E-state index contributed by atoms with van der Waals surface area (Å²) in [5, 5.41) is 8.50. The maximum absolute atomic E-state index is 11.8. The monoisotopic (exact) mass is 210 g/mol. The molecule has 4 nitrogen and oxygen atoms in total. The van der Waals surface area contributed by atoms with Crippen LogP contribution in [0.15, 0.2) is 0 Å². The third-order valence-electron chi connectivity index (χ3n) is 2.57. The van der Waals surface area contributed by atoms with E-state index in [1.165, 1.54) is 12.8 Å². The first-order chi connectivity index (χ1) is 7.27. The number of nitriles is 1. The Kier molecular flexibility index (Phi) is 5.13. The summed E-state index contributed by atoms with van der Waals surface area (Å²) >= 11 is 0. The highest BCUT2D eigenvalue weighted by Gasteiger charge is 2.26. The third kappa shape index (κ3) is 4.80. The highest BCUT2D eigenvalue weighted by molar-refractivity contribution is 5.76. The largest absolute Gasteiger partial charge is 0.383 e. The third-order valence-corrected chi connectivity index (χ3v) is 2.57. The van der Waals surface area contributed by atoms with Crippen molar-refractivity contribution in [2.75, 3.05) is 26.8 Å². The fourth-order valence-electron chi connectivity index (χ4n) is 1.45. The molecule has 0 aromatic heterocycles. The molecule has 0 aromatic carbocycles. The predicted molar refractivity (Wildman–Crippen MR) is 56.0 cm³/mol. The zero-order valence-electron chi connectivity index (χ0n) is 9.24. The van der Waals surface area contributed by atoms with Crippen LogP contribution in [0.2, 0.25) is 0 Å². The summed E-state index contributed by atoms with van der Waals surface area (Å²) in [6.07, 6.45) is 3.42. The molecule has 1 aliphatic carbocycles. The summed E-state index contributed by atoms with van der Waals surface area (Å²) in [7, 11) is 1.62. The van der Waals surface area contributed by atoms with Crippen molar-refractivity contribution < 1.29 is 9.53 Å². The standard InChI is InChI=1S/C11H18N2O2/c1-15-8-7-13(6-2-5-12)11(14)9-10-3-4-10/h10H,2-4,6-9H2,1H3. The number of carbonyl (C=O) groups is 1. The molecule has 1 amide bonds. The highest BCUT2D eigenvalue weighted by atomic mass is 16.5. The molecule has 0 saturated heterocycles. The van der Waals surface area contributed by atoms with Gasteiger partial charge in [0.05, 0.1) is 19.1 Å². The molecule has 0 heterocycles. The Hall–Kier alpha value is -1.08. The van der Waals surface area contributed by atoms with E-state index in [1.807, 2.05) is 0 Å². The summed E-state index contributed by atoms with van der Waals surface area (Å²) in [4.78, 5) is 13.5. The van der Waals surface area contributed by atoms with Gasteiger partial charge in [0.1, 0.15) is 0 Å². The minimum absolute atomic E-state index is 0.171. The van der Waals surface area contributed by atoms with Gasteiger partial charge in [-0.3, -0.25) is 4.79 Å². The molecule has 0 radical (unpaired) electrons. The van der Waals surface area contributed by atoms with Crippen molar-refractivity contribution in [2.45, 2.75) is 25.7 Å². The van der Waals surface area contributed by atoms with Crippen LogP contribution in [-0.4, -0.2) is 37.6 Å². The van der Waals surface area contributed by atoms with Crippen molar-refractivity contribution in [3.8, 4) is 6.07 Å². The molecule has 0 atom stereocenters. The minimum Gasteiger partial charge on any atom is -0.383 e. The number of amides is 1. The molecule has 0 spiro atoms. The van der Waals surface area contributed by atoms with E-state index in [0.29, 0.717) is 38.5 Å². The van der Waals surface area contributed by atoms with E-state index in [-0.39, 0.29) is 5.91 Å². The molecule has 0 aromatic rings. The van der Waals surface area contributed by atoms with Crippen molar-refractivity contribution in [2.24, 2.45) is 5.92 Å². The van der Waals surface area contributed by atoms with Gasteiger partial charge in [0, 0.05) is 26.6 Å². The molecule has 1 saturated carbocycles. The lowest BCUT2D eigenvalue weighted by Gasteiger charge is -2.21. The van der Waals surface area contributed by atoms with E-state index in [2.05, 4.69) is 6.07 Å². The van der Waals surface area contributed by atoms with Crippen molar-refractivity contribution in [3.63, 3.8) is 0 Å². The molecule has 0 N–H and O–H groups in total. The van der Waals surface area contributed by atoms with Gasteiger partial charge < -0.3 is 9.64 Å². The Morgan fingerprint density at radius 1 is 1.53 bits per heavy atom. The van der Waals surface area contributed by atoms with Crippen molar-refractivity contribution in [1.82, 2.24) is 4.90 Å². The Bertz CT molecular complexity index is 243. The fraction of sp³-hybridized carbons (Fsp3) is 0.818. The van der Waals surface area contributed by atoms with Crippen molar-refractivity contribution in [1.29, 1.82) is 5.26 Å². The van der Waals surface area contributed by atoms with Crippen LogP contribution in [0.3, 0.4) is 0 Å². The van der Waals surface area contributed by atoms with Gasteiger partial charge in [0.2, 0.25) is 5.91 Å². The fourth-order valence-corrected chi connectivity index (χ4v) is 1.45. The lowest BCUT2D eigenvalue weighted by Crippen LogP contribution is -2.34. The summed E-state index contributed by atoms with van der Waals surface area (Å²) in [6, 6.07) is 2.06. The first-order valence-corrected chi connectivity index (χ1v) is 5.41. The van der Waals surface area contributed by atoms with Crippen LogP contribution in [0.5, 0.6) is 0 Å². The van der Waals surface area contributed by atoms with Crippen LogP contribution >= 0.6 is 0 Å². The maximum Gasteiger partial charge on any atom is 0.222 e. The van der Waals surface area contributed by atoms with Crippen LogP contribution in [-0.2, 0) is 9.53 Å². The van der Waals surface area contributed by atoms with E-state index in [0.717, 1.165) is 0 Å². The van der Waals surface area contributed by atoms with Gasteiger partial charge in [-0.1, -0.05) is 0 Å². The molecule has 0 aliphatic heterocycles. The van der Waals surface area contributed by atoms with E-state index in [9.17, 15) is 4.79 Å². The quantitative estimate of drug-likeness (QED) is 0.634. The molecule has 1 fully saturated rings. The topological polar surface area (TPSA) is 53.3 Å². The molecular formula is C11H18N2O2. The summed E-state index contributed by atoms with van der Waals surface area (Å²) in [6.45, 7) is 1.68. The Morgan fingerprint density at radius 2 is 2.27 bits per heavy atom. The van der Waals surface area contributed by atoms with Gasteiger partial charge >= 0.3 is 0 Å². The molecule has 1 rings (SSSR count). The summed E-state index contributed by atoms with van der Waals surface area (Å²) in [5.41, 5.74) is 0. The smallest absolute Gasteiger partial charge is 0.222 e. The first kappa shape index (κ1) is 12.0. The Labute approximate surface area is 90.8 Å². The molecule has 0 unspecified atom stereocenters.